The van der Waals surface area contributed by atoms with E-state index in [1.54, 1.807) is 27.4 Å². The number of carbonyl (C=O) groups excluding carboxylic acids is 1. The Labute approximate surface area is 205 Å². The van der Waals surface area contributed by atoms with Crippen LogP contribution in [0.3, 0.4) is 0 Å². The summed E-state index contributed by atoms with van der Waals surface area (Å²) in [4.78, 5) is 34.2. The van der Waals surface area contributed by atoms with E-state index in [0.717, 1.165) is 54.4 Å². The highest BCUT2D eigenvalue weighted by atomic mass is 32.1. The van der Waals surface area contributed by atoms with Crippen LogP contribution in [0.2, 0.25) is 0 Å². The molecule has 0 bridgehead atoms. The van der Waals surface area contributed by atoms with Crippen molar-refractivity contribution >= 4 is 34.3 Å². The quantitative estimate of drug-likeness (QED) is 0.385. The highest BCUT2D eigenvalue weighted by Crippen LogP contribution is 2.26. The van der Waals surface area contributed by atoms with Crippen LogP contribution < -0.4 is 10.4 Å². The second-order valence-electron chi connectivity index (χ2n) is 8.39. The molecule has 1 fully saturated rings. The molecule has 5 rings (SSSR count). The van der Waals surface area contributed by atoms with Gasteiger partial charge >= 0.3 is 0 Å². The van der Waals surface area contributed by atoms with Crippen molar-refractivity contribution in [2.75, 3.05) is 13.1 Å². The van der Waals surface area contributed by atoms with E-state index in [4.69, 9.17) is 4.99 Å². The van der Waals surface area contributed by atoms with Gasteiger partial charge in [0.05, 0.1) is 22.0 Å². The van der Waals surface area contributed by atoms with Gasteiger partial charge < -0.3 is 9.47 Å². The maximum Gasteiger partial charge on any atom is 0.297 e. The summed E-state index contributed by atoms with van der Waals surface area (Å²) in [6, 6.07) is 13.8. The summed E-state index contributed by atoms with van der Waals surface area (Å²) in [6.07, 6.45) is 2.45. The maximum atomic E-state index is 13.4. The lowest BCUT2D eigenvalue weighted by Crippen LogP contribution is -2.27. The van der Waals surface area contributed by atoms with Crippen molar-refractivity contribution in [3.63, 3.8) is 0 Å². The number of thiophene rings is 1. The zero-order valence-corrected chi connectivity index (χ0v) is 20.9. The van der Waals surface area contributed by atoms with Crippen molar-refractivity contribution < 1.29 is 4.79 Å². The number of hydrogen-bond donors (Lipinski definition) is 0. The Balaban J connectivity index is 1.54. The van der Waals surface area contributed by atoms with Gasteiger partial charge in [0, 0.05) is 38.5 Å². The normalized spacial score (nSPS) is 14.5. The number of rotatable bonds is 7. The topological polar surface area (TPSA) is 64.5 Å². The van der Waals surface area contributed by atoms with Gasteiger partial charge in [0.1, 0.15) is 0 Å². The van der Waals surface area contributed by atoms with Crippen LogP contribution in [0.15, 0.2) is 63.0 Å². The Hall–Kier alpha value is -3.17. The molecule has 0 spiro atoms. The largest absolute Gasteiger partial charge is 0.343 e. The molecule has 3 aromatic heterocycles. The summed E-state index contributed by atoms with van der Waals surface area (Å²) < 4.78 is 5.70. The van der Waals surface area contributed by atoms with E-state index in [1.165, 1.54) is 4.88 Å². The molecule has 4 heterocycles. The fraction of sp³-hybridized carbons (Fsp3) is 0.320. The van der Waals surface area contributed by atoms with E-state index < -0.39 is 0 Å². The molecule has 0 unspecified atom stereocenters. The number of nitrogens with zero attached hydrogens (tertiary/aromatic N) is 5. The van der Waals surface area contributed by atoms with Crippen molar-refractivity contribution in [1.82, 2.24) is 18.8 Å². The van der Waals surface area contributed by atoms with Gasteiger partial charge in [-0.05, 0) is 43.3 Å². The molecule has 1 saturated heterocycles. The third-order valence-corrected chi connectivity index (χ3v) is 8.04. The van der Waals surface area contributed by atoms with Crippen molar-refractivity contribution in [2.45, 2.75) is 32.7 Å². The first-order chi connectivity index (χ1) is 16.5. The Morgan fingerprint density at radius 3 is 2.56 bits per heavy atom. The molecule has 7 nitrogen and oxygen atoms in total. The summed E-state index contributed by atoms with van der Waals surface area (Å²) in [5, 5.41) is 4.18. The number of carbonyl (C=O) groups is 1. The fourth-order valence-corrected chi connectivity index (χ4v) is 6.15. The van der Waals surface area contributed by atoms with Crippen molar-refractivity contribution in [2.24, 2.45) is 12.0 Å². The first-order valence-corrected chi connectivity index (χ1v) is 13.2. The highest BCUT2D eigenvalue weighted by molar-refractivity contribution is 7.14. The minimum atomic E-state index is -0.133. The van der Waals surface area contributed by atoms with E-state index in [1.807, 2.05) is 60.0 Å². The van der Waals surface area contributed by atoms with Gasteiger partial charge in [-0.2, -0.15) is 0 Å². The van der Waals surface area contributed by atoms with Gasteiger partial charge in [-0.3, -0.25) is 14.3 Å². The molecule has 4 aromatic rings. The van der Waals surface area contributed by atoms with Crippen LogP contribution in [0.5, 0.6) is 0 Å². The van der Waals surface area contributed by atoms with E-state index in [-0.39, 0.29) is 11.5 Å². The first kappa shape index (κ1) is 22.6. The van der Waals surface area contributed by atoms with Crippen molar-refractivity contribution in [3.05, 3.63) is 74.1 Å². The Bertz CT molecular complexity index is 1420. The molecule has 1 aliphatic heterocycles. The summed E-state index contributed by atoms with van der Waals surface area (Å²) in [5.41, 5.74) is 3.05. The number of aromatic nitrogens is 3. The molecule has 176 valence electrons. The summed E-state index contributed by atoms with van der Waals surface area (Å²) in [7, 11) is 1.88. The molecule has 0 atom stereocenters. The van der Waals surface area contributed by atoms with Crippen LogP contribution in [0.25, 0.3) is 16.3 Å². The number of hydrogen-bond acceptors (Lipinski definition) is 5. The van der Waals surface area contributed by atoms with Gasteiger partial charge in [-0.25, -0.2) is 9.67 Å². The van der Waals surface area contributed by atoms with Crippen LogP contribution >= 0.6 is 22.7 Å². The van der Waals surface area contributed by atoms with Gasteiger partial charge in [-0.1, -0.05) is 24.3 Å². The average molecular weight is 494 g/mol. The number of thiazole rings is 1. The smallest absolute Gasteiger partial charge is 0.297 e. The van der Waals surface area contributed by atoms with Gasteiger partial charge in [-0.15, -0.1) is 22.7 Å². The van der Waals surface area contributed by atoms with E-state index in [9.17, 15) is 9.59 Å². The highest BCUT2D eigenvalue weighted by Gasteiger charge is 2.20. The molecule has 1 amide bonds. The maximum absolute atomic E-state index is 13.4. The van der Waals surface area contributed by atoms with Crippen molar-refractivity contribution in [1.29, 1.82) is 0 Å². The van der Waals surface area contributed by atoms with Gasteiger partial charge in [0.15, 0.2) is 10.5 Å². The van der Waals surface area contributed by atoms with Crippen molar-refractivity contribution in [3.8, 4) is 16.3 Å². The summed E-state index contributed by atoms with van der Waals surface area (Å²) >= 11 is 3.23. The third-order valence-electron chi connectivity index (χ3n) is 6.28. The molecule has 0 N–H and O–H groups in total. The molecule has 0 saturated carbocycles. The van der Waals surface area contributed by atoms with E-state index in [0.29, 0.717) is 12.1 Å². The zero-order chi connectivity index (χ0) is 23.7. The molecule has 9 heteroatoms. The van der Waals surface area contributed by atoms with E-state index >= 15 is 0 Å². The zero-order valence-electron chi connectivity index (χ0n) is 19.3. The summed E-state index contributed by atoms with van der Waals surface area (Å²) in [5.74, 6) is 0.250. The number of benzene rings is 1. The Morgan fingerprint density at radius 1 is 1.03 bits per heavy atom. The number of likely N-dealkylation sites (tertiary alicyclic amines) is 1. The lowest BCUT2D eigenvalue weighted by molar-refractivity contribution is -0.127. The van der Waals surface area contributed by atoms with Crippen LogP contribution in [0.1, 0.15) is 25.0 Å². The average Bonchev–Trinajstić information content (AvgIpc) is 3.62. The second kappa shape index (κ2) is 9.60. The lowest BCUT2D eigenvalue weighted by atomic mass is 10.3. The van der Waals surface area contributed by atoms with Gasteiger partial charge in [0.25, 0.3) is 5.56 Å². The second-order valence-corrected chi connectivity index (χ2v) is 10.2. The fourth-order valence-electron chi connectivity index (χ4n) is 4.40. The molecular formula is C25H27N5O2S2. The predicted molar refractivity (Wildman–Crippen MR) is 137 cm³/mol. The minimum Gasteiger partial charge on any atom is -0.343 e. The number of amides is 1. The Kier molecular flexibility index (Phi) is 6.38. The van der Waals surface area contributed by atoms with Crippen LogP contribution in [-0.4, -0.2) is 37.8 Å². The molecule has 34 heavy (non-hydrogen) atoms. The molecule has 1 aliphatic rings. The van der Waals surface area contributed by atoms with Crippen LogP contribution in [0.4, 0.5) is 5.69 Å². The Morgan fingerprint density at radius 2 is 1.85 bits per heavy atom. The summed E-state index contributed by atoms with van der Waals surface area (Å²) in [6.45, 7) is 4.26. The molecular weight excluding hydrogens is 466 g/mol. The molecule has 0 aliphatic carbocycles. The van der Waals surface area contributed by atoms with Gasteiger partial charge in [0.2, 0.25) is 5.91 Å². The minimum absolute atomic E-state index is 0.133. The molecule has 1 aromatic carbocycles. The van der Waals surface area contributed by atoms with Crippen LogP contribution in [-0.2, 0) is 18.4 Å². The van der Waals surface area contributed by atoms with Crippen LogP contribution in [0, 0.1) is 6.92 Å². The van der Waals surface area contributed by atoms with E-state index in [2.05, 4.69) is 21.4 Å². The lowest BCUT2D eigenvalue weighted by Gasteiger charge is -2.16. The number of para-hydroxylation sites is 1. The first-order valence-electron chi connectivity index (χ1n) is 11.4. The SMILES string of the molecule is Cc1c(N=c2scc(-c3cccs3)n2CCCN2CCCC2=O)c(=O)n(-c2ccccc2)n1C. The standard InChI is InChI=1S/C25H27N5O2S2/c1-18-23(24(32)30(27(18)2)19-9-4-3-5-10-19)26-25-29(15-8-14-28-13-6-12-22(28)31)20(17-34-25)21-11-7-16-33-21/h3-5,7,9-11,16-17H,6,8,12-15H2,1-2H3. The predicted octanol–water partition coefficient (Wildman–Crippen LogP) is 4.32. The molecule has 0 radical (unpaired) electrons. The monoisotopic (exact) mass is 493 g/mol. The third kappa shape index (κ3) is 4.21.